The molecule has 0 radical (unpaired) electrons. The van der Waals surface area contributed by atoms with Gasteiger partial charge in [0, 0.05) is 43.2 Å². The number of carboxylic acid groups (broad SMARTS) is 1. The summed E-state index contributed by atoms with van der Waals surface area (Å²) in [6, 6.07) is 31.0. The molecule has 44 heavy (non-hydrogen) atoms. The summed E-state index contributed by atoms with van der Waals surface area (Å²) in [5.41, 5.74) is 7.51. The standard InChI is InChI=1S/C15H16N2O2.2C10H8N2.Ru/c1-11-5-7-16-13(9-11)14-10-12(6-8-17-14)3-2-4-15(18)19;2*1-3-7-11-9(5-1)10-6-2-4-8-12-10;/h5-10H,2-4H2,1H3,(H,18,19);2*1-8H;/q;;;+2/p-1. The summed E-state index contributed by atoms with van der Waals surface area (Å²) in [5, 5.41) is 10.4. The van der Waals surface area contributed by atoms with Crippen LogP contribution < -0.4 is 5.11 Å². The number of carboxylic acids is 1. The van der Waals surface area contributed by atoms with Gasteiger partial charge in [0.1, 0.15) is 0 Å². The predicted molar refractivity (Wildman–Crippen MR) is 165 cm³/mol. The molecule has 8 nitrogen and oxygen atoms in total. The van der Waals surface area contributed by atoms with Gasteiger partial charge in [-0.05, 0) is 110 Å². The Bertz CT molecular complexity index is 1530. The van der Waals surface area contributed by atoms with Crippen LogP contribution in [0.5, 0.6) is 0 Å². The van der Waals surface area contributed by atoms with Gasteiger partial charge in [0.05, 0.1) is 34.2 Å². The zero-order valence-electron chi connectivity index (χ0n) is 24.2. The summed E-state index contributed by atoms with van der Waals surface area (Å²) in [5.74, 6) is -1.00. The van der Waals surface area contributed by atoms with E-state index >= 15 is 0 Å². The van der Waals surface area contributed by atoms with Crippen molar-refractivity contribution in [3.8, 4) is 34.2 Å². The largest absolute Gasteiger partial charge is 2.00 e. The molecule has 6 heterocycles. The van der Waals surface area contributed by atoms with E-state index in [1.54, 1.807) is 37.2 Å². The topological polar surface area (TPSA) is 117 Å². The molecule has 0 spiro atoms. The molecule has 0 aliphatic rings. The second-order valence-electron chi connectivity index (χ2n) is 9.35. The number of hydrogen-bond donors (Lipinski definition) is 0. The monoisotopic (exact) mass is 669 g/mol. The normalized spacial score (nSPS) is 9.75. The third-order valence-corrected chi connectivity index (χ3v) is 6.03. The quantitative estimate of drug-likeness (QED) is 0.196. The van der Waals surface area contributed by atoms with Crippen molar-refractivity contribution in [1.82, 2.24) is 29.9 Å². The number of aryl methyl sites for hydroxylation is 2. The van der Waals surface area contributed by atoms with E-state index in [1.807, 2.05) is 104 Å². The van der Waals surface area contributed by atoms with E-state index < -0.39 is 5.97 Å². The third kappa shape index (κ3) is 11.3. The van der Waals surface area contributed by atoms with Gasteiger partial charge in [0.25, 0.3) is 0 Å². The molecule has 0 fully saturated rings. The van der Waals surface area contributed by atoms with E-state index in [2.05, 4.69) is 29.9 Å². The van der Waals surface area contributed by atoms with E-state index in [9.17, 15) is 9.90 Å². The van der Waals surface area contributed by atoms with E-state index in [-0.39, 0.29) is 25.9 Å². The van der Waals surface area contributed by atoms with Crippen LogP contribution in [0.1, 0.15) is 24.0 Å². The van der Waals surface area contributed by atoms with E-state index in [4.69, 9.17) is 0 Å². The summed E-state index contributed by atoms with van der Waals surface area (Å²) in [6.07, 6.45) is 11.9. The van der Waals surface area contributed by atoms with E-state index in [0.717, 1.165) is 45.3 Å². The van der Waals surface area contributed by atoms with E-state index in [1.165, 1.54) is 0 Å². The van der Waals surface area contributed by atoms with Crippen molar-refractivity contribution in [3.05, 3.63) is 145 Å². The minimum Gasteiger partial charge on any atom is -0.550 e. The van der Waals surface area contributed by atoms with Crippen molar-refractivity contribution < 1.29 is 29.4 Å². The summed E-state index contributed by atoms with van der Waals surface area (Å²) in [4.78, 5) is 35.7. The van der Waals surface area contributed by atoms with Gasteiger partial charge in [-0.3, -0.25) is 29.9 Å². The Morgan fingerprint density at radius 3 is 1.34 bits per heavy atom. The van der Waals surface area contributed by atoms with Crippen LogP contribution in [-0.4, -0.2) is 35.9 Å². The van der Waals surface area contributed by atoms with Gasteiger partial charge < -0.3 is 9.90 Å². The first-order valence-electron chi connectivity index (χ1n) is 13.8. The molecule has 0 amide bonds. The SMILES string of the molecule is Cc1ccnc(-c2cc(CCCC(=O)[O-])ccn2)c1.[Ru+2].c1ccc(-c2ccccn2)nc1.c1ccc(-c2ccccn2)nc1. The van der Waals surface area contributed by atoms with Gasteiger partial charge in [-0.1, -0.05) is 24.3 Å². The number of aliphatic carboxylic acids is 1. The zero-order valence-corrected chi connectivity index (χ0v) is 25.9. The maximum atomic E-state index is 10.4. The van der Waals surface area contributed by atoms with Crippen molar-refractivity contribution >= 4 is 5.97 Å². The molecule has 0 unspecified atom stereocenters. The smallest absolute Gasteiger partial charge is 0.550 e. The number of nitrogens with zero attached hydrogens (tertiary/aromatic N) is 6. The van der Waals surface area contributed by atoms with Crippen LogP contribution in [0.25, 0.3) is 34.2 Å². The molecule has 0 aliphatic carbocycles. The van der Waals surface area contributed by atoms with Crippen LogP contribution in [0.2, 0.25) is 0 Å². The van der Waals surface area contributed by atoms with Gasteiger partial charge in [0.2, 0.25) is 0 Å². The molecule has 0 saturated carbocycles. The van der Waals surface area contributed by atoms with Crippen molar-refractivity contribution in [2.45, 2.75) is 26.2 Å². The summed E-state index contributed by atoms with van der Waals surface area (Å²) in [7, 11) is 0. The minimum atomic E-state index is -1.00. The number of aromatic nitrogens is 6. The van der Waals surface area contributed by atoms with Crippen LogP contribution >= 0.6 is 0 Å². The molecular weight excluding hydrogens is 637 g/mol. The fourth-order valence-electron chi connectivity index (χ4n) is 3.94. The van der Waals surface area contributed by atoms with Gasteiger partial charge in [-0.25, -0.2) is 0 Å². The average Bonchev–Trinajstić information content (AvgIpc) is 3.07. The molecule has 0 bridgehead atoms. The van der Waals surface area contributed by atoms with Crippen LogP contribution in [0.4, 0.5) is 0 Å². The number of pyridine rings is 6. The Hall–Kier alpha value is -5.01. The molecule has 0 aliphatic heterocycles. The van der Waals surface area contributed by atoms with Crippen molar-refractivity contribution in [1.29, 1.82) is 0 Å². The Morgan fingerprint density at radius 1 is 0.545 bits per heavy atom. The second kappa shape index (κ2) is 18.5. The Labute approximate surface area is 270 Å². The maximum Gasteiger partial charge on any atom is 2.00 e. The van der Waals surface area contributed by atoms with Crippen LogP contribution in [0.3, 0.4) is 0 Å². The number of carbonyl (C=O) groups excluding carboxylic acids is 1. The van der Waals surface area contributed by atoms with Gasteiger partial charge in [-0.2, -0.15) is 0 Å². The zero-order chi connectivity index (χ0) is 30.1. The summed E-state index contributed by atoms with van der Waals surface area (Å²) < 4.78 is 0. The molecular formula is C35H31N6O2Ru+. The average molecular weight is 669 g/mol. The molecule has 9 heteroatoms. The molecule has 0 aromatic carbocycles. The molecule has 6 rings (SSSR count). The predicted octanol–water partition coefficient (Wildman–Crippen LogP) is 5.81. The van der Waals surface area contributed by atoms with Gasteiger partial charge >= 0.3 is 19.5 Å². The number of rotatable bonds is 7. The van der Waals surface area contributed by atoms with Gasteiger partial charge in [0.15, 0.2) is 0 Å². The number of hydrogen-bond acceptors (Lipinski definition) is 8. The molecule has 0 N–H and O–H groups in total. The number of carbonyl (C=O) groups is 1. The van der Waals surface area contributed by atoms with Crippen LogP contribution in [0.15, 0.2) is 134 Å². The molecule has 0 atom stereocenters. The molecule has 6 aromatic rings. The fourth-order valence-corrected chi connectivity index (χ4v) is 3.94. The Morgan fingerprint density at radius 2 is 0.955 bits per heavy atom. The minimum absolute atomic E-state index is 0. The van der Waals surface area contributed by atoms with Gasteiger partial charge in [-0.15, -0.1) is 0 Å². The fraction of sp³-hybridized carbons (Fsp3) is 0.114. The second-order valence-corrected chi connectivity index (χ2v) is 9.35. The molecule has 6 aromatic heterocycles. The third-order valence-electron chi connectivity index (χ3n) is 6.03. The molecule has 0 saturated heterocycles. The van der Waals surface area contributed by atoms with E-state index in [0.29, 0.717) is 12.8 Å². The summed E-state index contributed by atoms with van der Waals surface area (Å²) in [6.45, 7) is 2.01. The first kappa shape index (κ1) is 33.5. The van der Waals surface area contributed by atoms with Crippen LogP contribution in [-0.2, 0) is 30.7 Å². The Balaban J connectivity index is 0.000000185. The first-order chi connectivity index (χ1) is 21.1. The summed E-state index contributed by atoms with van der Waals surface area (Å²) >= 11 is 0. The first-order valence-corrected chi connectivity index (χ1v) is 13.8. The maximum absolute atomic E-state index is 10.4. The van der Waals surface area contributed by atoms with Crippen molar-refractivity contribution in [2.75, 3.05) is 0 Å². The Kier molecular flexibility index (Phi) is 14.1. The van der Waals surface area contributed by atoms with Crippen molar-refractivity contribution in [2.24, 2.45) is 0 Å². The van der Waals surface area contributed by atoms with Crippen LogP contribution in [0, 0.1) is 6.92 Å². The molecule has 220 valence electrons. The van der Waals surface area contributed by atoms with Crippen molar-refractivity contribution in [3.63, 3.8) is 0 Å².